The number of carbonyl (C=O) groups is 1. The molecular formula is C17H20F3NO3. The molecule has 1 aromatic carbocycles. The summed E-state index contributed by atoms with van der Waals surface area (Å²) in [4.78, 5) is 13.0. The summed E-state index contributed by atoms with van der Waals surface area (Å²) in [5.74, 6) is 0.598. The first kappa shape index (κ1) is 19.6. The van der Waals surface area contributed by atoms with Gasteiger partial charge in [-0.3, -0.25) is 4.90 Å². The molecule has 0 aliphatic carbocycles. The first-order valence-electron chi connectivity index (χ1n) is 7.09. The minimum atomic E-state index is -4.59. The Morgan fingerprint density at radius 2 is 1.88 bits per heavy atom. The minimum absolute atomic E-state index is 0.257. The second-order valence-electron chi connectivity index (χ2n) is 5.01. The van der Waals surface area contributed by atoms with E-state index < -0.39 is 30.4 Å². The Bertz CT molecular complexity index is 582. The fourth-order valence-electron chi connectivity index (χ4n) is 2.14. The molecule has 0 spiro atoms. The first-order chi connectivity index (χ1) is 11.2. The van der Waals surface area contributed by atoms with Gasteiger partial charge in [-0.25, -0.2) is 4.79 Å². The van der Waals surface area contributed by atoms with Crippen LogP contribution in [0.3, 0.4) is 0 Å². The summed E-state index contributed by atoms with van der Waals surface area (Å²) in [7, 11) is 2.62. The van der Waals surface area contributed by atoms with Gasteiger partial charge in [0.15, 0.2) is 0 Å². The Morgan fingerprint density at radius 3 is 2.29 bits per heavy atom. The lowest BCUT2D eigenvalue weighted by atomic mass is 10.0. The number of methoxy groups -OCH3 is 2. The summed E-state index contributed by atoms with van der Waals surface area (Å²) in [5, 5.41) is 0. The quantitative estimate of drug-likeness (QED) is 0.684. The molecule has 0 saturated heterocycles. The van der Waals surface area contributed by atoms with Crippen molar-refractivity contribution in [1.29, 1.82) is 0 Å². The van der Waals surface area contributed by atoms with Crippen LogP contribution in [0.25, 0.3) is 0 Å². The van der Waals surface area contributed by atoms with Crippen molar-refractivity contribution in [2.45, 2.75) is 18.6 Å². The van der Waals surface area contributed by atoms with Gasteiger partial charge in [0.05, 0.1) is 26.8 Å². The van der Waals surface area contributed by atoms with Crippen molar-refractivity contribution in [2.75, 3.05) is 20.8 Å². The monoisotopic (exact) mass is 343 g/mol. The number of nitrogens with zero attached hydrogens (tertiary/aromatic N) is 1. The highest BCUT2D eigenvalue weighted by atomic mass is 19.4. The maximum absolute atomic E-state index is 12.8. The van der Waals surface area contributed by atoms with Gasteiger partial charge in [0.25, 0.3) is 0 Å². The van der Waals surface area contributed by atoms with Gasteiger partial charge in [0.2, 0.25) is 0 Å². The van der Waals surface area contributed by atoms with E-state index in [1.165, 1.54) is 13.2 Å². The van der Waals surface area contributed by atoms with E-state index in [9.17, 15) is 18.0 Å². The standard InChI is InChI=1S/C17H20F3NO3/c1-5-6-15(13-7-9-14(23-3)10-8-13)21(16(22)24-4)11-12(2)17(18,19)20/h5,7-10,15H,1-2,6,11H2,3-4H3. The molecule has 4 nitrogen and oxygen atoms in total. The molecule has 0 fully saturated rings. The van der Waals surface area contributed by atoms with Gasteiger partial charge < -0.3 is 9.47 Å². The third-order valence-electron chi connectivity index (χ3n) is 3.44. The molecule has 1 atom stereocenters. The van der Waals surface area contributed by atoms with Crippen molar-refractivity contribution in [3.8, 4) is 5.75 Å². The summed E-state index contributed by atoms with van der Waals surface area (Å²) >= 11 is 0. The van der Waals surface area contributed by atoms with Crippen LogP contribution < -0.4 is 4.74 Å². The maximum atomic E-state index is 12.8. The minimum Gasteiger partial charge on any atom is -0.497 e. The Balaban J connectivity index is 3.18. The zero-order chi connectivity index (χ0) is 18.3. The number of benzene rings is 1. The van der Waals surface area contributed by atoms with Gasteiger partial charge >= 0.3 is 12.3 Å². The number of carbonyl (C=O) groups excluding carboxylic acids is 1. The molecule has 0 aliphatic heterocycles. The summed E-state index contributed by atoms with van der Waals surface area (Å²) in [6, 6.07) is 6.03. The van der Waals surface area contributed by atoms with E-state index in [4.69, 9.17) is 4.74 Å². The van der Waals surface area contributed by atoms with Gasteiger partial charge in [-0.05, 0) is 24.1 Å². The van der Waals surface area contributed by atoms with E-state index in [0.29, 0.717) is 11.3 Å². The SMILES string of the molecule is C=CCC(c1ccc(OC)cc1)N(CC(=C)C(F)(F)F)C(=O)OC. The normalized spacial score (nSPS) is 12.2. The van der Waals surface area contributed by atoms with Gasteiger partial charge in [0, 0.05) is 5.57 Å². The first-order valence-corrected chi connectivity index (χ1v) is 7.09. The van der Waals surface area contributed by atoms with E-state index >= 15 is 0 Å². The van der Waals surface area contributed by atoms with E-state index in [0.717, 1.165) is 12.0 Å². The van der Waals surface area contributed by atoms with Gasteiger partial charge in [-0.2, -0.15) is 13.2 Å². The fourth-order valence-corrected chi connectivity index (χ4v) is 2.14. The molecule has 0 radical (unpaired) electrons. The predicted octanol–water partition coefficient (Wildman–Crippen LogP) is 4.50. The highest BCUT2D eigenvalue weighted by Gasteiger charge is 2.36. The lowest BCUT2D eigenvalue weighted by molar-refractivity contribution is -0.0954. The van der Waals surface area contributed by atoms with E-state index in [2.05, 4.69) is 17.9 Å². The Kier molecular flexibility index (Phi) is 6.88. The highest BCUT2D eigenvalue weighted by molar-refractivity contribution is 5.68. The van der Waals surface area contributed by atoms with Gasteiger partial charge in [-0.15, -0.1) is 6.58 Å². The number of ether oxygens (including phenoxy) is 2. The molecule has 1 rings (SSSR count). The van der Waals surface area contributed by atoms with Crippen LogP contribution in [-0.2, 0) is 4.74 Å². The number of hydrogen-bond donors (Lipinski definition) is 0. The topological polar surface area (TPSA) is 38.8 Å². The van der Waals surface area contributed by atoms with E-state index in [1.807, 2.05) is 0 Å². The molecule has 0 aromatic heterocycles. The Morgan fingerprint density at radius 1 is 1.29 bits per heavy atom. The summed E-state index contributed by atoms with van der Waals surface area (Å²) in [6.45, 7) is 5.94. The van der Waals surface area contributed by atoms with Crippen molar-refractivity contribution < 1.29 is 27.4 Å². The van der Waals surface area contributed by atoms with Crippen LogP contribution in [0, 0.1) is 0 Å². The van der Waals surface area contributed by atoms with Gasteiger partial charge in [0.1, 0.15) is 5.75 Å². The second kappa shape index (κ2) is 8.42. The average molecular weight is 343 g/mol. The molecule has 24 heavy (non-hydrogen) atoms. The van der Waals surface area contributed by atoms with Crippen LogP contribution in [0.4, 0.5) is 18.0 Å². The van der Waals surface area contributed by atoms with Crippen LogP contribution in [-0.4, -0.2) is 37.9 Å². The Labute approximate surface area is 139 Å². The maximum Gasteiger partial charge on any atom is 0.413 e. The van der Waals surface area contributed by atoms with Crippen LogP contribution in [0.2, 0.25) is 0 Å². The lowest BCUT2D eigenvalue weighted by Crippen LogP contribution is -2.38. The molecule has 0 heterocycles. The van der Waals surface area contributed by atoms with Crippen LogP contribution in [0.15, 0.2) is 49.1 Å². The van der Waals surface area contributed by atoms with Crippen LogP contribution >= 0.6 is 0 Å². The highest BCUT2D eigenvalue weighted by Crippen LogP contribution is 2.31. The zero-order valence-corrected chi connectivity index (χ0v) is 13.6. The smallest absolute Gasteiger partial charge is 0.413 e. The molecule has 1 aromatic rings. The Hall–Kier alpha value is -2.44. The van der Waals surface area contributed by atoms with Crippen molar-refractivity contribution >= 4 is 6.09 Å². The fraction of sp³-hybridized carbons (Fsp3) is 0.353. The zero-order valence-electron chi connectivity index (χ0n) is 13.6. The number of amides is 1. The molecule has 7 heteroatoms. The average Bonchev–Trinajstić information content (AvgIpc) is 2.56. The molecular weight excluding hydrogens is 323 g/mol. The van der Waals surface area contributed by atoms with E-state index in [1.54, 1.807) is 24.3 Å². The molecule has 1 unspecified atom stereocenters. The molecule has 132 valence electrons. The summed E-state index contributed by atoms with van der Waals surface area (Å²) < 4.78 is 48.1. The largest absolute Gasteiger partial charge is 0.497 e. The number of halogens is 3. The molecule has 0 bridgehead atoms. The lowest BCUT2D eigenvalue weighted by Gasteiger charge is -2.31. The number of hydrogen-bond acceptors (Lipinski definition) is 3. The van der Waals surface area contributed by atoms with Crippen molar-refractivity contribution in [1.82, 2.24) is 4.90 Å². The third-order valence-corrected chi connectivity index (χ3v) is 3.44. The predicted molar refractivity (Wildman–Crippen MR) is 84.9 cm³/mol. The summed E-state index contributed by atoms with van der Waals surface area (Å²) in [6.07, 6.45) is -3.68. The van der Waals surface area contributed by atoms with Gasteiger partial charge in [-0.1, -0.05) is 24.8 Å². The van der Waals surface area contributed by atoms with Crippen molar-refractivity contribution in [2.24, 2.45) is 0 Å². The summed E-state index contributed by atoms with van der Waals surface area (Å²) in [5.41, 5.74) is -0.397. The molecule has 1 amide bonds. The van der Waals surface area contributed by atoms with Crippen molar-refractivity contribution in [3.63, 3.8) is 0 Å². The molecule has 0 aliphatic rings. The van der Waals surface area contributed by atoms with Crippen LogP contribution in [0.1, 0.15) is 18.0 Å². The van der Waals surface area contributed by atoms with Crippen LogP contribution in [0.5, 0.6) is 5.75 Å². The molecule has 0 saturated carbocycles. The van der Waals surface area contributed by atoms with Crippen molar-refractivity contribution in [3.05, 3.63) is 54.6 Å². The third kappa shape index (κ3) is 5.04. The molecule has 0 N–H and O–H groups in total. The number of alkyl halides is 3. The number of rotatable bonds is 7. The van der Waals surface area contributed by atoms with E-state index in [-0.39, 0.29) is 6.42 Å². The second-order valence-corrected chi connectivity index (χ2v) is 5.01.